The maximum absolute atomic E-state index is 13.8. The molecule has 100 valence electrons. The summed E-state index contributed by atoms with van der Waals surface area (Å²) in [7, 11) is 0. The highest BCUT2D eigenvalue weighted by atomic mass is 35.5. The molecule has 2 rings (SSSR count). The smallest absolute Gasteiger partial charge is 0.128 e. The Morgan fingerprint density at radius 1 is 1.11 bits per heavy atom. The van der Waals surface area contributed by atoms with Crippen molar-refractivity contribution in [1.29, 1.82) is 0 Å². The van der Waals surface area contributed by atoms with Gasteiger partial charge in [0.2, 0.25) is 0 Å². The number of aryl methyl sites for hydroxylation is 1. The van der Waals surface area contributed by atoms with Crippen LogP contribution in [0.3, 0.4) is 0 Å². The molecule has 0 amide bonds. The molecule has 3 N–H and O–H groups in total. The molecule has 0 spiro atoms. The van der Waals surface area contributed by atoms with E-state index < -0.39 is 11.9 Å². The fourth-order valence-electron chi connectivity index (χ4n) is 1.95. The van der Waals surface area contributed by atoms with Crippen LogP contribution in [0.2, 0.25) is 5.02 Å². The summed E-state index contributed by atoms with van der Waals surface area (Å²) < 4.78 is 27.1. The van der Waals surface area contributed by atoms with Crippen LogP contribution in [0.1, 0.15) is 22.7 Å². The van der Waals surface area contributed by atoms with Gasteiger partial charge in [-0.25, -0.2) is 14.2 Å². The van der Waals surface area contributed by atoms with Crippen LogP contribution in [0, 0.1) is 18.6 Å². The van der Waals surface area contributed by atoms with Gasteiger partial charge in [-0.05, 0) is 42.3 Å². The largest absolute Gasteiger partial charge is 0.271 e. The van der Waals surface area contributed by atoms with Gasteiger partial charge in [0.15, 0.2) is 0 Å². The Kier molecular flexibility index (Phi) is 4.14. The fraction of sp³-hybridized carbons (Fsp3) is 0.143. The van der Waals surface area contributed by atoms with Gasteiger partial charge in [0.25, 0.3) is 0 Å². The molecule has 19 heavy (non-hydrogen) atoms. The summed E-state index contributed by atoms with van der Waals surface area (Å²) in [6.45, 7) is 1.64. The first kappa shape index (κ1) is 13.9. The highest BCUT2D eigenvalue weighted by Crippen LogP contribution is 2.27. The summed E-state index contributed by atoms with van der Waals surface area (Å²) in [5.41, 5.74) is 3.99. The Morgan fingerprint density at radius 2 is 1.79 bits per heavy atom. The lowest BCUT2D eigenvalue weighted by atomic mass is 9.97. The van der Waals surface area contributed by atoms with E-state index in [2.05, 4.69) is 5.43 Å². The summed E-state index contributed by atoms with van der Waals surface area (Å²) in [4.78, 5) is 0. The minimum Gasteiger partial charge on any atom is -0.271 e. The van der Waals surface area contributed by atoms with Gasteiger partial charge >= 0.3 is 0 Å². The highest BCUT2D eigenvalue weighted by Gasteiger charge is 2.17. The van der Waals surface area contributed by atoms with Gasteiger partial charge in [-0.15, -0.1) is 0 Å². The second-order valence-corrected chi connectivity index (χ2v) is 4.71. The van der Waals surface area contributed by atoms with E-state index in [1.807, 2.05) is 0 Å². The molecule has 0 fully saturated rings. The van der Waals surface area contributed by atoms with Crippen LogP contribution in [-0.2, 0) is 0 Å². The minimum absolute atomic E-state index is 0.314. The van der Waals surface area contributed by atoms with Crippen molar-refractivity contribution in [2.24, 2.45) is 5.84 Å². The van der Waals surface area contributed by atoms with Crippen LogP contribution >= 0.6 is 11.6 Å². The second kappa shape index (κ2) is 5.65. The van der Waals surface area contributed by atoms with E-state index >= 15 is 0 Å². The molecule has 0 aliphatic heterocycles. The first-order chi connectivity index (χ1) is 9.02. The molecule has 0 heterocycles. The number of nitrogens with two attached hydrogens (primary N) is 1. The van der Waals surface area contributed by atoms with E-state index in [0.29, 0.717) is 21.7 Å². The Bertz CT molecular complexity index is 602. The molecule has 1 unspecified atom stereocenters. The summed E-state index contributed by atoms with van der Waals surface area (Å²) >= 11 is 5.87. The van der Waals surface area contributed by atoms with Gasteiger partial charge < -0.3 is 0 Å². The molecule has 0 aliphatic carbocycles. The Morgan fingerprint density at radius 3 is 2.42 bits per heavy atom. The SMILES string of the molecule is Cc1cc(C(NN)c2cc(Cl)ccc2F)ccc1F. The van der Waals surface area contributed by atoms with Crippen molar-refractivity contribution in [3.63, 3.8) is 0 Å². The molecule has 0 saturated heterocycles. The Labute approximate surface area is 115 Å². The zero-order valence-electron chi connectivity index (χ0n) is 10.3. The van der Waals surface area contributed by atoms with E-state index in [1.165, 1.54) is 24.3 Å². The zero-order valence-corrected chi connectivity index (χ0v) is 11.0. The van der Waals surface area contributed by atoms with E-state index in [0.717, 1.165) is 0 Å². The first-order valence-corrected chi connectivity index (χ1v) is 6.08. The van der Waals surface area contributed by atoms with Crippen molar-refractivity contribution >= 4 is 11.6 Å². The molecular weight excluding hydrogens is 270 g/mol. The first-order valence-electron chi connectivity index (χ1n) is 5.70. The van der Waals surface area contributed by atoms with Gasteiger partial charge in [0, 0.05) is 10.6 Å². The van der Waals surface area contributed by atoms with Crippen LogP contribution in [-0.4, -0.2) is 0 Å². The summed E-state index contributed by atoms with van der Waals surface area (Å²) in [5, 5.41) is 0.412. The third kappa shape index (κ3) is 2.92. The van der Waals surface area contributed by atoms with Crippen LogP contribution in [0.25, 0.3) is 0 Å². The van der Waals surface area contributed by atoms with Crippen molar-refractivity contribution in [2.45, 2.75) is 13.0 Å². The normalized spacial score (nSPS) is 12.5. The van der Waals surface area contributed by atoms with Gasteiger partial charge in [0.1, 0.15) is 11.6 Å². The van der Waals surface area contributed by atoms with E-state index in [-0.39, 0.29) is 5.82 Å². The van der Waals surface area contributed by atoms with Crippen molar-refractivity contribution in [3.8, 4) is 0 Å². The number of halogens is 3. The molecule has 0 aromatic heterocycles. The molecule has 0 saturated carbocycles. The van der Waals surface area contributed by atoms with Crippen molar-refractivity contribution in [2.75, 3.05) is 0 Å². The highest BCUT2D eigenvalue weighted by molar-refractivity contribution is 6.30. The van der Waals surface area contributed by atoms with Crippen molar-refractivity contribution < 1.29 is 8.78 Å². The average molecular weight is 283 g/mol. The van der Waals surface area contributed by atoms with Crippen molar-refractivity contribution in [3.05, 3.63) is 69.7 Å². The minimum atomic E-state index is -0.585. The summed E-state index contributed by atoms with van der Waals surface area (Å²) in [5.74, 6) is 4.75. The number of hydrazine groups is 1. The lowest BCUT2D eigenvalue weighted by molar-refractivity contribution is 0.558. The summed E-state index contributed by atoms with van der Waals surface area (Å²) in [6, 6.07) is 8.17. The molecule has 1 atom stereocenters. The van der Waals surface area contributed by atoms with E-state index in [1.54, 1.807) is 19.1 Å². The average Bonchev–Trinajstić information content (AvgIpc) is 2.38. The molecule has 2 aromatic rings. The maximum Gasteiger partial charge on any atom is 0.128 e. The monoisotopic (exact) mass is 282 g/mol. The zero-order chi connectivity index (χ0) is 14.0. The molecule has 0 aliphatic rings. The number of benzene rings is 2. The lowest BCUT2D eigenvalue weighted by Gasteiger charge is -2.18. The predicted molar refractivity (Wildman–Crippen MR) is 71.7 cm³/mol. The van der Waals surface area contributed by atoms with Gasteiger partial charge in [-0.1, -0.05) is 23.7 Å². The molecular formula is C14H13ClF2N2. The Hall–Kier alpha value is -1.49. The van der Waals surface area contributed by atoms with E-state index in [4.69, 9.17) is 17.4 Å². The van der Waals surface area contributed by atoms with Crippen molar-refractivity contribution in [1.82, 2.24) is 5.43 Å². The van der Waals surface area contributed by atoms with Gasteiger partial charge in [-0.2, -0.15) is 0 Å². The molecule has 5 heteroatoms. The summed E-state index contributed by atoms with van der Waals surface area (Å²) in [6.07, 6.45) is 0. The standard InChI is InChI=1S/C14H13ClF2N2/c1-8-6-9(2-4-12(8)16)14(19-18)11-7-10(15)3-5-13(11)17/h2-7,14,19H,18H2,1H3. The third-order valence-corrected chi connectivity index (χ3v) is 3.19. The quantitative estimate of drug-likeness (QED) is 0.668. The fourth-order valence-corrected chi connectivity index (χ4v) is 2.13. The topological polar surface area (TPSA) is 38.0 Å². The van der Waals surface area contributed by atoms with E-state index in [9.17, 15) is 8.78 Å². The van der Waals surface area contributed by atoms with Gasteiger partial charge in [0.05, 0.1) is 6.04 Å². The third-order valence-electron chi connectivity index (χ3n) is 2.95. The predicted octanol–water partition coefficient (Wildman–Crippen LogP) is 3.48. The van der Waals surface area contributed by atoms with Crippen LogP contribution in [0.15, 0.2) is 36.4 Å². The van der Waals surface area contributed by atoms with Crippen LogP contribution in [0.5, 0.6) is 0 Å². The number of hydrogen-bond donors (Lipinski definition) is 2. The number of rotatable bonds is 3. The molecule has 0 bridgehead atoms. The Balaban J connectivity index is 2.49. The molecule has 2 nitrogen and oxygen atoms in total. The maximum atomic E-state index is 13.8. The van der Waals surface area contributed by atoms with Crippen LogP contribution < -0.4 is 11.3 Å². The molecule has 0 radical (unpaired) electrons. The molecule has 2 aromatic carbocycles. The number of hydrogen-bond acceptors (Lipinski definition) is 2. The van der Waals surface area contributed by atoms with Gasteiger partial charge in [-0.3, -0.25) is 5.84 Å². The number of nitrogens with one attached hydrogen (secondary N) is 1. The second-order valence-electron chi connectivity index (χ2n) is 4.27. The lowest BCUT2D eigenvalue weighted by Crippen LogP contribution is -2.29. The van der Waals surface area contributed by atoms with Crippen LogP contribution in [0.4, 0.5) is 8.78 Å².